The van der Waals surface area contributed by atoms with Gasteiger partial charge in [0.25, 0.3) is 5.91 Å². The third kappa shape index (κ3) is 2.29. The summed E-state index contributed by atoms with van der Waals surface area (Å²) in [6, 6.07) is 17.8. The number of likely N-dealkylation sites (tertiary alicyclic amines) is 1. The number of benzene rings is 2. The summed E-state index contributed by atoms with van der Waals surface area (Å²) >= 11 is 1.71. The monoisotopic (exact) mass is 308 g/mol. The molecular weight excluding hydrogens is 292 g/mol. The van der Waals surface area contributed by atoms with Crippen LogP contribution in [-0.2, 0) is 0 Å². The van der Waals surface area contributed by atoms with Gasteiger partial charge >= 0.3 is 0 Å². The van der Waals surface area contributed by atoms with Gasteiger partial charge in [0.15, 0.2) is 0 Å². The van der Waals surface area contributed by atoms with Crippen LogP contribution in [0.15, 0.2) is 54.6 Å². The van der Waals surface area contributed by atoms with Crippen molar-refractivity contribution in [3.8, 4) is 0 Å². The third-order valence-corrected chi connectivity index (χ3v) is 5.27. The van der Waals surface area contributed by atoms with Gasteiger partial charge in [0.05, 0.1) is 16.3 Å². The van der Waals surface area contributed by atoms with E-state index in [4.69, 9.17) is 4.98 Å². The van der Waals surface area contributed by atoms with Crippen LogP contribution < -0.4 is 0 Å². The predicted molar refractivity (Wildman–Crippen MR) is 89.1 cm³/mol. The largest absolute Gasteiger partial charge is 0.329 e. The van der Waals surface area contributed by atoms with Crippen LogP contribution in [-0.4, -0.2) is 22.3 Å². The van der Waals surface area contributed by atoms with Crippen molar-refractivity contribution in [1.82, 2.24) is 9.88 Å². The second-order valence-electron chi connectivity index (χ2n) is 5.54. The lowest BCUT2D eigenvalue weighted by Gasteiger charge is -2.23. The minimum atomic E-state index is 0.113. The zero-order chi connectivity index (χ0) is 14.9. The summed E-state index contributed by atoms with van der Waals surface area (Å²) in [6.07, 6.45) is 2.04. The molecule has 2 heterocycles. The van der Waals surface area contributed by atoms with Crippen LogP contribution >= 0.6 is 11.3 Å². The number of carbonyl (C=O) groups is 1. The summed E-state index contributed by atoms with van der Waals surface area (Å²) in [5.41, 5.74) is 1.79. The number of thiazole rings is 1. The molecule has 0 aliphatic carbocycles. The third-order valence-electron chi connectivity index (χ3n) is 4.13. The first-order valence-electron chi connectivity index (χ1n) is 7.54. The van der Waals surface area contributed by atoms with Crippen LogP contribution in [0.1, 0.15) is 34.2 Å². The lowest BCUT2D eigenvalue weighted by atomic mass is 10.1. The molecule has 1 aromatic heterocycles. The van der Waals surface area contributed by atoms with Crippen LogP contribution in [0.5, 0.6) is 0 Å². The normalized spacial score (nSPS) is 18.0. The molecule has 3 nitrogen and oxygen atoms in total. The van der Waals surface area contributed by atoms with Crippen molar-refractivity contribution in [1.29, 1.82) is 0 Å². The fourth-order valence-electron chi connectivity index (χ4n) is 3.05. The molecule has 0 N–H and O–H groups in total. The smallest absolute Gasteiger partial charge is 0.254 e. The Hall–Kier alpha value is -2.20. The van der Waals surface area contributed by atoms with E-state index in [9.17, 15) is 4.79 Å². The Morgan fingerprint density at radius 1 is 1.09 bits per heavy atom. The van der Waals surface area contributed by atoms with Gasteiger partial charge in [0.1, 0.15) is 5.01 Å². The molecule has 0 bridgehead atoms. The van der Waals surface area contributed by atoms with Gasteiger partial charge in [-0.1, -0.05) is 30.3 Å². The van der Waals surface area contributed by atoms with Crippen LogP contribution in [0.4, 0.5) is 0 Å². The van der Waals surface area contributed by atoms with Gasteiger partial charge in [-0.05, 0) is 37.1 Å². The number of amides is 1. The number of hydrogen-bond acceptors (Lipinski definition) is 3. The molecule has 1 amide bonds. The average Bonchev–Trinajstić information content (AvgIpc) is 3.21. The topological polar surface area (TPSA) is 33.2 Å². The molecule has 2 aromatic carbocycles. The molecule has 22 heavy (non-hydrogen) atoms. The molecular formula is C18H16N2OS. The van der Waals surface area contributed by atoms with Crippen molar-refractivity contribution in [2.75, 3.05) is 6.54 Å². The van der Waals surface area contributed by atoms with Crippen LogP contribution in [0.25, 0.3) is 10.2 Å². The van der Waals surface area contributed by atoms with Crippen molar-refractivity contribution >= 4 is 27.5 Å². The summed E-state index contributed by atoms with van der Waals surface area (Å²) in [4.78, 5) is 19.5. The number of aromatic nitrogens is 1. The zero-order valence-electron chi connectivity index (χ0n) is 12.1. The highest BCUT2D eigenvalue weighted by molar-refractivity contribution is 7.18. The van der Waals surface area contributed by atoms with Crippen LogP contribution in [0.2, 0.25) is 0 Å². The average molecular weight is 308 g/mol. The molecule has 1 aliphatic rings. The van der Waals surface area contributed by atoms with Crippen molar-refractivity contribution < 1.29 is 4.79 Å². The molecule has 0 spiro atoms. The van der Waals surface area contributed by atoms with Gasteiger partial charge in [-0.3, -0.25) is 4.79 Å². The molecule has 1 fully saturated rings. The number of nitrogens with zero attached hydrogens (tertiary/aromatic N) is 2. The van der Waals surface area contributed by atoms with Crippen molar-refractivity contribution in [2.24, 2.45) is 0 Å². The molecule has 1 saturated heterocycles. The fourth-order valence-corrected chi connectivity index (χ4v) is 4.16. The van der Waals surface area contributed by atoms with E-state index in [0.29, 0.717) is 0 Å². The van der Waals surface area contributed by atoms with Gasteiger partial charge < -0.3 is 4.90 Å². The van der Waals surface area contributed by atoms with E-state index in [2.05, 4.69) is 6.07 Å². The first-order valence-corrected chi connectivity index (χ1v) is 8.36. The second kappa shape index (κ2) is 5.54. The number of hydrogen-bond donors (Lipinski definition) is 0. The molecule has 1 atom stereocenters. The van der Waals surface area contributed by atoms with Gasteiger partial charge in [-0.2, -0.15) is 0 Å². The Balaban J connectivity index is 1.67. The Bertz CT molecular complexity index is 779. The summed E-state index contributed by atoms with van der Waals surface area (Å²) < 4.78 is 1.19. The number of fused-ring (bicyclic) bond motifs is 1. The van der Waals surface area contributed by atoms with Crippen molar-refractivity contribution in [3.63, 3.8) is 0 Å². The number of para-hydroxylation sites is 1. The lowest BCUT2D eigenvalue weighted by Crippen LogP contribution is -2.30. The zero-order valence-corrected chi connectivity index (χ0v) is 12.9. The van der Waals surface area contributed by atoms with Crippen LogP contribution in [0.3, 0.4) is 0 Å². The van der Waals surface area contributed by atoms with Crippen molar-refractivity contribution in [3.05, 3.63) is 65.2 Å². The van der Waals surface area contributed by atoms with E-state index in [-0.39, 0.29) is 11.9 Å². The molecule has 0 unspecified atom stereocenters. The lowest BCUT2D eigenvalue weighted by molar-refractivity contribution is 0.0735. The van der Waals surface area contributed by atoms with Gasteiger partial charge in [-0.25, -0.2) is 4.98 Å². The Morgan fingerprint density at radius 2 is 1.86 bits per heavy atom. The quantitative estimate of drug-likeness (QED) is 0.708. The number of carbonyl (C=O) groups excluding carboxylic acids is 1. The Morgan fingerprint density at radius 3 is 2.68 bits per heavy atom. The maximum Gasteiger partial charge on any atom is 0.254 e. The second-order valence-corrected chi connectivity index (χ2v) is 6.60. The Kier molecular flexibility index (Phi) is 3.39. The molecule has 1 aliphatic heterocycles. The van der Waals surface area contributed by atoms with Crippen LogP contribution in [0, 0.1) is 0 Å². The highest BCUT2D eigenvalue weighted by Gasteiger charge is 2.32. The number of rotatable bonds is 2. The van der Waals surface area contributed by atoms with E-state index in [1.807, 2.05) is 53.4 Å². The summed E-state index contributed by atoms with van der Waals surface area (Å²) in [6.45, 7) is 0.814. The SMILES string of the molecule is O=C(c1ccccc1)N1CCC[C@H]1c1nc2ccccc2s1. The van der Waals surface area contributed by atoms with E-state index >= 15 is 0 Å². The van der Waals surface area contributed by atoms with E-state index in [1.54, 1.807) is 11.3 Å². The van der Waals surface area contributed by atoms with E-state index < -0.39 is 0 Å². The maximum atomic E-state index is 12.7. The highest BCUT2D eigenvalue weighted by Crippen LogP contribution is 2.37. The van der Waals surface area contributed by atoms with E-state index in [1.165, 1.54) is 4.70 Å². The summed E-state index contributed by atoms with van der Waals surface area (Å²) in [5.74, 6) is 0.113. The summed E-state index contributed by atoms with van der Waals surface area (Å²) in [5, 5.41) is 1.06. The molecule has 3 aromatic rings. The summed E-state index contributed by atoms with van der Waals surface area (Å²) in [7, 11) is 0. The molecule has 110 valence electrons. The minimum Gasteiger partial charge on any atom is -0.329 e. The first-order chi connectivity index (χ1) is 10.8. The van der Waals surface area contributed by atoms with Gasteiger partial charge in [0.2, 0.25) is 0 Å². The highest BCUT2D eigenvalue weighted by atomic mass is 32.1. The maximum absolute atomic E-state index is 12.7. The standard InChI is InChI=1S/C18H16N2OS/c21-18(13-7-2-1-3-8-13)20-12-6-10-15(20)17-19-14-9-4-5-11-16(14)22-17/h1-5,7-9,11,15H,6,10,12H2/t15-/m0/s1. The fraction of sp³-hybridized carbons (Fsp3) is 0.222. The Labute approximate surface area is 133 Å². The first kappa shape index (κ1) is 13.5. The molecule has 4 rings (SSSR count). The molecule has 0 saturated carbocycles. The molecule has 0 radical (unpaired) electrons. The van der Waals surface area contributed by atoms with E-state index in [0.717, 1.165) is 35.5 Å². The van der Waals surface area contributed by atoms with Gasteiger partial charge in [-0.15, -0.1) is 11.3 Å². The molecule has 4 heteroatoms. The minimum absolute atomic E-state index is 0.113. The van der Waals surface area contributed by atoms with Crippen molar-refractivity contribution in [2.45, 2.75) is 18.9 Å². The van der Waals surface area contributed by atoms with Gasteiger partial charge in [0, 0.05) is 12.1 Å². The predicted octanol–water partition coefficient (Wildman–Crippen LogP) is 4.27.